The van der Waals surface area contributed by atoms with E-state index in [0.29, 0.717) is 19.8 Å². The zero-order chi connectivity index (χ0) is 12.3. The van der Waals surface area contributed by atoms with Gasteiger partial charge in [0, 0.05) is 20.5 Å². The predicted molar refractivity (Wildman–Crippen MR) is 57.8 cm³/mol. The number of esters is 1. The molecule has 1 aliphatic rings. The Balaban J connectivity index is 2.40. The lowest BCUT2D eigenvalue weighted by Crippen LogP contribution is -2.40. The van der Waals surface area contributed by atoms with E-state index >= 15 is 0 Å². The van der Waals surface area contributed by atoms with Crippen LogP contribution in [0.15, 0.2) is 0 Å². The number of hydrogen-bond acceptors (Lipinski definition) is 4. The van der Waals surface area contributed by atoms with Crippen molar-refractivity contribution >= 4 is 11.9 Å². The highest BCUT2D eigenvalue weighted by Gasteiger charge is 2.33. The van der Waals surface area contributed by atoms with Gasteiger partial charge in [-0.3, -0.25) is 9.59 Å². The molecule has 1 heterocycles. The third-order valence-corrected chi connectivity index (χ3v) is 2.53. The number of hydrogen-bond donors (Lipinski definition) is 0. The Morgan fingerprint density at radius 2 is 2.06 bits per heavy atom. The van der Waals surface area contributed by atoms with Gasteiger partial charge in [-0.25, -0.2) is 0 Å². The van der Waals surface area contributed by atoms with Crippen molar-refractivity contribution in [2.45, 2.75) is 26.9 Å². The molecule has 1 unspecified atom stereocenters. The van der Waals surface area contributed by atoms with E-state index in [2.05, 4.69) is 0 Å². The molecular weight excluding hydrogens is 210 g/mol. The molecule has 0 aromatic heterocycles. The third kappa shape index (κ3) is 3.81. The summed E-state index contributed by atoms with van der Waals surface area (Å²) in [6.45, 7) is 6.34. The summed E-state index contributed by atoms with van der Waals surface area (Å²) in [6.07, 6.45) is 0.0743. The molecule has 0 aromatic carbocycles. The van der Waals surface area contributed by atoms with E-state index in [9.17, 15) is 9.59 Å². The van der Waals surface area contributed by atoms with E-state index in [1.807, 2.05) is 0 Å². The molecule has 1 fully saturated rings. The summed E-state index contributed by atoms with van der Waals surface area (Å²) in [7, 11) is 1.67. The molecule has 0 radical (unpaired) electrons. The van der Waals surface area contributed by atoms with Gasteiger partial charge >= 0.3 is 5.97 Å². The maximum Gasteiger partial charge on any atom is 0.313 e. The average molecular weight is 229 g/mol. The summed E-state index contributed by atoms with van der Waals surface area (Å²) in [5, 5.41) is 0. The minimum Gasteiger partial charge on any atom is -0.462 e. The highest BCUT2D eigenvalue weighted by molar-refractivity contribution is 5.78. The number of carbonyl (C=O) groups is 2. The van der Waals surface area contributed by atoms with Gasteiger partial charge in [-0.05, 0) is 13.8 Å². The van der Waals surface area contributed by atoms with Crippen molar-refractivity contribution in [3.8, 4) is 0 Å². The summed E-state index contributed by atoms with van der Waals surface area (Å²) >= 11 is 0. The second-order valence-corrected chi connectivity index (χ2v) is 4.81. The SMILES string of the molecule is CC(=O)N(C)CC(C)(C)C(=O)OCC1CO1. The van der Waals surface area contributed by atoms with E-state index in [-0.39, 0.29) is 18.0 Å². The van der Waals surface area contributed by atoms with Crippen LogP contribution in [0.5, 0.6) is 0 Å². The maximum absolute atomic E-state index is 11.7. The van der Waals surface area contributed by atoms with Crippen LogP contribution in [-0.2, 0) is 19.1 Å². The number of nitrogens with zero attached hydrogens (tertiary/aromatic N) is 1. The first-order valence-electron chi connectivity index (χ1n) is 5.33. The number of carbonyl (C=O) groups excluding carboxylic acids is 2. The van der Waals surface area contributed by atoms with Gasteiger partial charge in [0.05, 0.1) is 12.0 Å². The van der Waals surface area contributed by atoms with E-state index in [1.54, 1.807) is 20.9 Å². The van der Waals surface area contributed by atoms with Crippen molar-refractivity contribution < 1.29 is 19.1 Å². The summed E-state index contributed by atoms with van der Waals surface area (Å²) in [5.41, 5.74) is -0.685. The highest BCUT2D eigenvalue weighted by Crippen LogP contribution is 2.20. The normalized spacial score (nSPS) is 19.1. The zero-order valence-electron chi connectivity index (χ0n) is 10.3. The number of ether oxygens (including phenoxy) is 2. The molecule has 0 aliphatic carbocycles. The van der Waals surface area contributed by atoms with Gasteiger partial charge in [0.1, 0.15) is 12.7 Å². The molecule has 1 atom stereocenters. The van der Waals surface area contributed by atoms with Crippen LogP contribution in [0.4, 0.5) is 0 Å². The fourth-order valence-corrected chi connectivity index (χ4v) is 1.30. The van der Waals surface area contributed by atoms with Crippen molar-refractivity contribution in [1.82, 2.24) is 4.90 Å². The van der Waals surface area contributed by atoms with Crippen LogP contribution in [0.25, 0.3) is 0 Å². The molecule has 0 spiro atoms. The van der Waals surface area contributed by atoms with Gasteiger partial charge in [-0.15, -0.1) is 0 Å². The van der Waals surface area contributed by atoms with Crippen LogP contribution in [-0.4, -0.2) is 49.7 Å². The molecule has 1 rings (SSSR count). The van der Waals surface area contributed by atoms with E-state index in [0.717, 1.165) is 0 Å². The van der Waals surface area contributed by atoms with Gasteiger partial charge in [0.15, 0.2) is 0 Å². The first kappa shape index (κ1) is 13.0. The third-order valence-electron chi connectivity index (χ3n) is 2.53. The fraction of sp³-hybridized carbons (Fsp3) is 0.818. The minimum absolute atomic E-state index is 0.0635. The second-order valence-electron chi connectivity index (χ2n) is 4.81. The first-order valence-corrected chi connectivity index (χ1v) is 5.33. The minimum atomic E-state index is -0.685. The monoisotopic (exact) mass is 229 g/mol. The molecule has 1 saturated heterocycles. The topological polar surface area (TPSA) is 59.1 Å². The Labute approximate surface area is 95.7 Å². The van der Waals surface area contributed by atoms with E-state index in [1.165, 1.54) is 11.8 Å². The van der Waals surface area contributed by atoms with Crippen molar-refractivity contribution in [3.63, 3.8) is 0 Å². The smallest absolute Gasteiger partial charge is 0.313 e. The van der Waals surface area contributed by atoms with Gasteiger partial charge in [-0.2, -0.15) is 0 Å². The summed E-state index contributed by atoms with van der Waals surface area (Å²) in [6, 6.07) is 0. The Kier molecular flexibility index (Phi) is 3.91. The van der Waals surface area contributed by atoms with Crippen LogP contribution >= 0.6 is 0 Å². The zero-order valence-corrected chi connectivity index (χ0v) is 10.3. The second kappa shape index (κ2) is 4.82. The van der Waals surface area contributed by atoms with Crippen LogP contribution in [0.3, 0.4) is 0 Å². The average Bonchev–Trinajstić information content (AvgIpc) is 2.96. The highest BCUT2D eigenvalue weighted by atomic mass is 16.6. The van der Waals surface area contributed by atoms with Gasteiger partial charge in [0.2, 0.25) is 5.91 Å². The first-order chi connectivity index (χ1) is 7.33. The Morgan fingerprint density at radius 1 is 1.50 bits per heavy atom. The van der Waals surface area contributed by atoms with E-state index < -0.39 is 5.41 Å². The lowest BCUT2D eigenvalue weighted by atomic mass is 9.93. The quantitative estimate of drug-likeness (QED) is 0.507. The van der Waals surface area contributed by atoms with Crippen molar-refractivity contribution in [3.05, 3.63) is 0 Å². The van der Waals surface area contributed by atoms with Gasteiger partial charge < -0.3 is 14.4 Å². The fourth-order valence-electron chi connectivity index (χ4n) is 1.30. The standard InChI is InChI=1S/C11H19NO4/c1-8(13)12(4)7-11(2,3)10(14)16-6-9-5-15-9/h9H,5-7H2,1-4H3. The molecule has 0 bridgehead atoms. The summed E-state index contributed by atoms with van der Waals surface area (Å²) in [5.74, 6) is -0.359. The molecule has 0 saturated carbocycles. The van der Waals surface area contributed by atoms with Crippen LogP contribution in [0.2, 0.25) is 0 Å². The predicted octanol–water partition coefficient (Wildman–Crippen LogP) is 0.433. The van der Waals surface area contributed by atoms with Gasteiger partial charge in [0.25, 0.3) is 0 Å². The van der Waals surface area contributed by atoms with Crippen molar-refractivity contribution in [1.29, 1.82) is 0 Å². The van der Waals surface area contributed by atoms with Crippen LogP contribution < -0.4 is 0 Å². The Bertz CT molecular complexity index is 284. The molecular formula is C11H19NO4. The number of rotatable bonds is 5. The Morgan fingerprint density at radius 3 is 2.50 bits per heavy atom. The van der Waals surface area contributed by atoms with Crippen molar-refractivity contribution in [2.75, 3.05) is 26.8 Å². The molecule has 92 valence electrons. The van der Waals surface area contributed by atoms with Crippen LogP contribution in [0.1, 0.15) is 20.8 Å². The molecule has 1 aliphatic heterocycles. The molecule has 1 amide bonds. The summed E-state index contributed by atoms with van der Waals surface area (Å²) in [4.78, 5) is 24.3. The number of epoxide rings is 1. The lowest BCUT2D eigenvalue weighted by Gasteiger charge is -2.27. The van der Waals surface area contributed by atoms with E-state index in [4.69, 9.17) is 9.47 Å². The lowest BCUT2D eigenvalue weighted by molar-refractivity contribution is -0.156. The van der Waals surface area contributed by atoms with Gasteiger partial charge in [-0.1, -0.05) is 0 Å². The molecule has 5 nitrogen and oxygen atoms in total. The molecule has 0 N–H and O–H groups in total. The van der Waals surface area contributed by atoms with Crippen LogP contribution in [0, 0.1) is 5.41 Å². The molecule has 0 aromatic rings. The number of amides is 1. The molecule has 16 heavy (non-hydrogen) atoms. The van der Waals surface area contributed by atoms with Crippen molar-refractivity contribution in [2.24, 2.45) is 5.41 Å². The molecule has 5 heteroatoms. The Hall–Kier alpha value is -1.10. The largest absolute Gasteiger partial charge is 0.462 e. The maximum atomic E-state index is 11.7. The summed E-state index contributed by atoms with van der Waals surface area (Å²) < 4.78 is 10.1.